The summed E-state index contributed by atoms with van der Waals surface area (Å²) < 4.78 is 0. The number of piperazine rings is 1. The van der Waals surface area contributed by atoms with E-state index in [0.29, 0.717) is 12.8 Å². The van der Waals surface area contributed by atoms with Gasteiger partial charge in [-0.15, -0.1) is 12.4 Å². The van der Waals surface area contributed by atoms with Gasteiger partial charge < -0.3 is 15.1 Å². The predicted octanol–water partition coefficient (Wildman–Crippen LogP) is 1.45. The van der Waals surface area contributed by atoms with Crippen LogP contribution >= 0.6 is 12.4 Å². The molecule has 0 aromatic heterocycles. The summed E-state index contributed by atoms with van der Waals surface area (Å²) in [6, 6.07) is 9.77. The highest BCUT2D eigenvalue weighted by molar-refractivity contribution is 5.85. The number of nitrogens with one attached hydrogen (secondary N) is 1. The van der Waals surface area contributed by atoms with Gasteiger partial charge in [0.15, 0.2) is 0 Å². The number of carbonyl (C=O) groups is 2. The number of likely N-dealkylation sites (tertiary alicyclic amines) is 1. The lowest BCUT2D eigenvalue weighted by Crippen LogP contribution is -2.52. The highest BCUT2D eigenvalue weighted by Crippen LogP contribution is 2.36. The highest BCUT2D eigenvalue weighted by Gasteiger charge is 2.40. The fourth-order valence-electron chi connectivity index (χ4n) is 3.52. The van der Waals surface area contributed by atoms with E-state index < -0.39 is 0 Å². The van der Waals surface area contributed by atoms with Crippen molar-refractivity contribution in [1.82, 2.24) is 15.1 Å². The van der Waals surface area contributed by atoms with E-state index in [2.05, 4.69) is 5.32 Å². The minimum absolute atomic E-state index is 0. The molecule has 1 aromatic carbocycles. The normalized spacial score (nSPS) is 25.0. The van der Waals surface area contributed by atoms with E-state index in [1.807, 2.05) is 42.3 Å². The summed E-state index contributed by atoms with van der Waals surface area (Å²) in [5.41, 5.74) is 1.05. The molecule has 0 bridgehead atoms. The molecule has 2 aliphatic rings. The molecule has 2 amide bonds. The van der Waals surface area contributed by atoms with Crippen molar-refractivity contribution in [2.45, 2.75) is 18.9 Å². The lowest BCUT2D eigenvalue weighted by Gasteiger charge is -2.41. The van der Waals surface area contributed by atoms with Crippen LogP contribution in [-0.2, 0) is 9.59 Å². The van der Waals surface area contributed by atoms with Crippen molar-refractivity contribution >= 4 is 24.2 Å². The molecule has 3 rings (SSSR count). The number of carbonyl (C=O) groups excluding carboxylic acids is 2. The SMILES string of the molecule is CN1C(=O)CCC(C(=O)N2CCNCC2)C1c1ccccc1.Cl. The maximum Gasteiger partial charge on any atom is 0.228 e. The van der Waals surface area contributed by atoms with E-state index in [1.54, 1.807) is 4.90 Å². The third kappa shape index (κ3) is 3.67. The van der Waals surface area contributed by atoms with Crippen LogP contribution < -0.4 is 5.32 Å². The first-order chi connectivity index (χ1) is 10.7. The Bertz CT molecular complexity index is 546. The van der Waals surface area contributed by atoms with Crippen molar-refractivity contribution in [1.29, 1.82) is 0 Å². The van der Waals surface area contributed by atoms with Gasteiger partial charge in [-0.3, -0.25) is 9.59 Å². The first-order valence-electron chi connectivity index (χ1n) is 7.98. The Morgan fingerprint density at radius 1 is 1.17 bits per heavy atom. The van der Waals surface area contributed by atoms with E-state index in [1.165, 1.54) is 0 Å². The summed E-state index contributed by atoms with van der Waals surface area (Å²) in [4.78, 5) is 28.8. The predicted molar refractivity (Wildman–Crippen MR) is 91.4 cm³/mol. The Hall–Kier alpha value is -1.59. The number of hydrogen-bond donors (Lipinski definition) is 1. The molecule has 2 atom stereocenters. The fourth-order valence-corrected chi connectivity index (χ4v) is 3.52. The number of halogens is 1. The van der Waals surface area contributed by atoms with E-state index in [4.69, 9.17) is 0 Å². The van der Waals surface area contributed by atoms with Gasteiger partial charge in [0.25, 0.3) is 0 Å². The molecule has 2 unspecified atom stereocenters. The summed E-state index contributed by atoms with van der Waals surface area (Å²) >= 11 is 0. The van der Waals surface area contributed by atoms with Gasteiger partial charge in [-0.1, -0.05) is 30.3 Å². The third-order valence-corrected chi connectivity index (χ3v) is 4.75. The number of hydrogen-bond acceptors (Lipinski definition) is 3. The molecule has 2 heterocycles. The zero-order valence-electron chi connectivity index (χ0n) is 13.4. The van der Waals surface area contributed by atoms with Crippen LogP contribution in [0.5, 0.6) is 0 Å². The van der Waals surface area contributed by atoms with Gasteiger partial charge >= 0.3 is 0 Å². The standard InChI is InChI=1S/C17H23N3O2.ClH/c1-19-15(21)8-7-14(16(19)13-5-3-2-4-6-13)17(22)20-11-9-18-10-12-20;/h2-6,14,16,18H,7-12H2,1H3;1H. The van der Waals surface area contributed by atoms with Crippen LogP contribution in [0.2, 0.25) is 0 Å². The van der Waals surface area contributed by atoms with Crippen LogP contribution in [0.25, 0.3) is 0 Å². The summed E-state index contributed by atoms with van der Waals surface area (Å²) in [7, 11) is 1.82. The number of rotatable bonds is 2. The highest BCUT2D eigenvalue weighted by atomic mass is 35.5. The molecule has 1 aromatic rings. The molecule has 2 saturated heterocycles. The van der Waals surface area contributed by atoms with Crippen molar-refractivity contribution in [3.63, 3.8) is 0 Å². The van der Waals surface area contributed by atoms with Gasteiger partial charge in [0.2, 0.25) is 11.8 Å². The van der Waals surface area contributed by atoms with Crippen molar-refractivity contribution in [3.8, 4) is 0 Å². The Morgan fingerprint density at radius 3 is 2.48 bits per heavy atom. The average molecular weight is 338 g/mol. The van der Waals surface area contributed by atoms with Crippen LogP contribution in [0.4, 0.5) is 0 Å². The number of piperidine rings is 1. The maximum absolute atomic E-state index is 12.9. The van der Waals surface area contributed by atoms with Gasteiger partial charge in [0.05, 0.1) is 12.0 Å². The molecule has 0 radical (unpaired) electrons. The van der Waals surface area contributed by atoms with E-state index >= 15 is 0 Å². The first kappa shape index (κ1) is 17.8. The molecule has 126 valence electrons. The van der Waals surface area contributed by atoms with Crippen molar-refractivity contribution in [2.24, 2.45) is 5.92 Å². The Labute approximate surface area is 143 Å². The summed E-state index contributed by atoms with van der Waals surface area (Å²) in [5.74, 6) is 0.177. The van der Waals surface area contributed by atoms with Gasteiger partial charge in [0, 0.05) is 39.6 Å². The zero-order valence-corrected chi connectivity index (χ0v) is 14.2. The fraction of sp³-hybridized carbons (Fsp3) is 0.529. The maximum atomic E-state index is 12.9. The summed E-state index contributed by atoms with van der Waals surface area (Å²) in [6.07, 6.45) is 1.10. The zero-order chi connectivity index (χ0) is 15.5. The second-order valence-electron chi connectivity index (χ2n) is 6.08. The molecule has 2 aliphatic heterocycles. The molecule has 0 saturated carbocycles. The van der Waals surface area contributed by atoms with Gasteiger partial charge in [-0.25, -0.2) is 0 Å². The lowest BCUT2D eigenvalue weighted by molar-refractivity contribution is -0.147. The molecule has 1 N–H and O–H groups in total. The largest absolute Gasteiger partial charge is 0.340 e. The van der Waals surface area contributed by atoms with Gasteiger partial charge in [-0.2, -0.15) is 0 Å². The molecule has 2 fully saturated rings. The molecule has 0 aliphatic carbocycles. The molecule has 23 heavy (non-hydrogen) atoms. The third-order valence-electron chi connectivity index (χ3n) is 4.75. The van der Waals surface area contributed by atoms with E-state index in [-0.39, 0.29) is 36.2 Å². The van der Waals surface area contributed by atoms with E-state index in [0.717, 1.165) is 31.7 Å². The molecule has 0 spiro atoms. The monoisotopic (exact) mass is 337 g/mol. The Balaban J connectivity index is 0.00000192. The average Bonchev–Trinajstić information content (AvgIpc) is 2.58. The van der Waals surface area contributed by atoms with E-state index in [9.17, 15) is 9.59 Å². The number of nitrogens with zero attached hydrogens (tertiary/aromatic N) is 2. The van der Waals surface area contributed by atoms with Gasteiger partial charge in [0.1, 0.15) is 0 Å². The summed E-state index contributed by atoms with van der Waals surface area (Å²) in [6.45, 7) is 3.22. The van der Waals surface area contributed by atoms with Crippen molar-refractivity contribution < 1.29 is 9.59 Å². The Morgan fingerprint density at radius 2 is 1.83 bits per heavy atom. The topological polar surface area (TPSA) is 52.7 Å². The number of benzene rings is 1. The van der Waals surface area contributed by atoms with Crippen LogP contribution in [0.1, 0.15) is 24.4 Å². The van der Waals surface area contributed by atoms with Crippen molar-refractivity contribution in [2.75, 3.05) is 33.2 Å². The second-order valence-corrected chi connectivity index (χ2v) is 6.08. The minimum Gasteiger partial charge on any atom is -0.340 e. The molecule has 5 nitrogen and oxygen atoms in total. The quantitative estimate of drug-likeness (QED) is 0.888. The van der Waals surface area contributed by atoms with Gasteiger partial charge in [-0.05, 0) is 12.0 Å². The molecular formula is C17H24ClN3O2. The first-order valence-corrected chi connectivity index (χ1v) is 7.98. The Kier molecular flexibility index (Phi) is 6.02. The van der Waals surface area contributed by atoms with Crippen LogP contribution in [-0.4, -0.2) is 54.8 Å². The van der Waals surface area contributed by atoms with Crippen LogP contribution in [0, 0.1) is 5.92 Å². The summed E-state index contributed by atoms with van der Waals surface area (Å²) in [5, 5.41) is 3.27. The molecule has 6 heteroatoms. The lowest BCUT2D eigenvalue weighted by atomic mass is 9.83. The minimum atomic E-state index is -0.148. The second kappa shape index (κ2) is 7.79. The van der Waals surface area contributed by atoms with Crippen molar-refractivity contribution in [3.05, 3.63) is 35.9 Å². The smallest absolute Gasteiger partial charge is 0.228 e. The molecular weight excluding hydrogens is 314 g/mol. The van der Waals surface area contributed by atoms with Crippen LogP contribution in [0.15, 0.2) is 30.3 Å². The number of amides is 2. The van der Waals surface area contributed by atoms with Crippen LogP contribution in [0.3, 0.4) is 0 Å².